The lowest BCUT2D eigenvalue weighted by atomic mass is 10.2. The number of nitro benzene ring substituents is 1. The number of ether oxygens (including phenoxy) is 1. The van der Waals surface area contributed by atoms with Crippen LogP contribution in [0.25, 0.3) is 11.0 Å². The average molecular weight is 392 g/mol. The Bertz CT molecular complexity index is 927. The summed E-state index contributed by atoms with van der Waals surface area (Å²) in [6, 6.07) is 4.15. The Hall–Kier alpha value is -2.62. The van der Waals surface area contributed by atoms with Gasteiger partial charge in [-0.2, -0.15) is 0 Å². The summed E-state index contributed by atoms with van der Waals surface area (Å²) in [4.78, 5) is 32.5. The van der Waals surface area contributed by atoms with Crippen LogP contribution in [0.5, 0.6) is 0 Å². The van der Waals surface area contributed by atoms with E-state index in [1.807, 2.05) is 0 Å². The van der Waals surface area contributed by atoms with Gasteiger partial charge in [-0.05, 0) is 33.3 Å². The predicted octanol–water partition coefficient (Wildman–Crippen LogP) is 2.66. The first-order valence-electron chi connectivity index (χ1n) is 8.44. The summed E-state index contributed by atoms with van der Waals surface area (Å²) >= 11 is 0. The number of amides is 1. The van der Waals surface area contributed by atoms with E-state index in [2.05, 4.69) is 9.97 Å². The van der Waals surface area contributed by atoms with Crippen molar-refractivity contribution in [3.8, 4) is 0 Å². The first-order chi connectivity index (χ1) is 12.6. The van der Waals surface area contributed by atoms with Crippen LogP contribution < -0.4 is 0 Å². The first kappa shape index (κ1) is 19.2. The molecule has 2 unspecified atom stereocenters. The third kappa shape index (κ3) is 4.38. The van der Waals surface area contributed by atoms with Crippen LogP contribution in [0.3, 0.4) is 0 Å². The molecule has 10 heteroatoms. The fourth-order valence-corrected chi connectivity index (χ4v) is 4.08. The Balaban J connectivity index is 1.73. The van der Waals surface area contributed by atoms with E-state index in [0.29, 0.717) is 35.6 Å². The molecule has 1 saturated heterocycles. The lowest BCUT2D eigenvalue weighted by Crippen LogP contribution is -2.36. The Kier molecular flexibility index (Phi) is 5.09. The zero-order valence-electron chi connectivity index (χ0n) is 15.2. The molecule has 2 aromatic rings. The van der Waals surface area contributed by atoms with Crippen LogP contribution in [0.2, 0.25) is 0 Å². The van der Waals surface area contributed by atoms with E-state index in [1.54, 1.807) is 25.7 Å². The lowest BCUT2D eigenvalue weighted by Gasteiger charge is -2.24. The molecule has 0 bridgehead atoms. The molecule has 1 fully saturated rings. The molecule has 0 aliphatic carbocycles. The zero-order chi connectivity index (χ0) is 19.8. The van der Waals surface area contributed by atoms with Crippen LogP contribution in [0.1, 0.15) is 27.2 Å². The minimum atomic E-state index is -1.45. The van der Waals surface area contributed by atoms with Gasteiger partial charge >= 0.3 is 6.09 Å². The predicted molar refractivity (Wildman–Crippen MR) is 98.8 cm³/mol. The quantitative estimate of drug-likeness (QED) is 0.582. The lowest BCUT2D eigenvalue weighted by molar-refractivity contribution is -0.384. The van der Waals surface area contributed by atoms with Gasteiger partial charge in [0.2, 0.25) is 0 Å². The number of carbonyl (C=O) groups excluding carboxylic acids is 1. The number of non-ortho nitro benzene ring substituents is 1. The molecule has 2 atom stereocenters. The number of benzene rings is 1. The van der Waals surface area contributed by atoms with Gasteiger partial charge in [0.25, 0.3) is 5.69 Å². The summed E-state index contributed by atoms with van der Waals surface area (Å²) < 4.78 is 18.2. The molecular weight excluding hydrogens is 372 g/mol. The summed E-state index contributed by atoms with van der Waals surface area (Å²) in [5.41, 5.74) is 0.149. The Morgan fingerprint density at radius 1 is 1.37 bits per heavy atom. The molecule has 1 aliphatic rings. The average Bonchev–Trinajstić information content (AvgIpc) is 3.09. The maximum atomic E-state index is 12.8. The molecule has 0 radical (unpaired) electrons. The number of hydrogen-bond acceptors (Lipinski definition) is 7. The first-order valence-corrected chi connectivity index (χ1v) is 9.65. The van der Waals surface area contributed by atoms with Gasteiger partial charge < -0.3 is 9.64 Å². The highest BCUT2D eigenvalue weighted by Crippen LogP contribution is 2.23. The van der Waals surface area contributed by atoms with E-state index in [-0.39, 0.29) is 10.9 Å². The normalized spacial score (nSPS) is 18.5. The summed E-state index contributed by atoms with van der Waals surface area (Å²) in [6.45, 7) is 6.18. The number of rotatable bonds is 3. The molecule has 1 aromatic carbocycles. The van der Waals surface area contributed by atoms with Crippen molar-refractivity contribution >= 4 is 33.6 Å². The zero-order valence-corrected chi connectivity index (χ0v) is 16.1. The maximum Gasteiger partial charge on any atom is 0.410 e. The van der Waals surface area contributed by atoms with Crippen LogP contribution in [0.15, 0.2) is 29.4 Å². The number of hydrogen-bond donors (Lipinski definition) is 0. The van der Waals surface area contributed by atoms with Crippen molar-refractivity contribution in [2.24, 2.45) is 0 Å². The van der Waals surface area contributed by atoms with Crippen LogP contribution in [0, 0.1) is 10.1 Å². The molecule has 2 heterocycles. The van der Waals surface area contributed by atoms with Crippen LogP contribution in [0.4, 0.5) is 10.5 Å². The summed E-state index contributed by atoms with van der Waals surface area (Å²) in [5, 5.41) is 10.9. The third-order valence-electron chi connectivity index (χ3n) is 4.02. The second kappa shape index (κ2) is 7.18. The molecule has 3 rings (SSSR count). The number of aromatic nitrogens is 2. The SMILES string of the molecule is CC(C)(C)OC(=O)N1CCC(S(=O)c2cnc3cc([N+](=O)[O-])ccc3n2)C1. The van der Waals surface area contributed by atoms with Gasteiger partial charge in [-0.15, -0.1) is 0 Å². The molecule has 1 aliphatic heterocycles. The monoisotopic (exact) mass is 392 g/mol. The molecule has 144 valence electrons. The third-order valence-corrected chi connectivity index (χ3v) is 5.62. The molecule has 0 saturated carbocycles. The molecular formula is C17H20N4O5S. The number of likely N-dealkylation sites (tertiary alicyclic amines) is 1. The van der Waals surface area contributed by atoms with Gasteiger partial charge in [0.15, 0.2) is 0 Å². The molecule has 0 spiro atoms. The van der Waals surface area contributed by atoms with E-state index < -0.39 is 27.4 Å². The van der Waals surface area contributed by atoms with E-state index in [1.165, 1.54) is 24.4 Å². The van der Waals surface area contributed by atoms with Crippen molar-refractivity contribution in [3.63, 3.8) is 0 Å². The number of nitrogens with zero attached hydrogens (tertiary/aromatic N) is 4. The molecule has 9 nitrogen and oxygen atoms in total. The van der Waals surface area contributed by atoms with E-state index in [9.17, 15) is 19.1 Å². The van der Waals surface area contributed by atoms with Crippen molar-refractivity contribution in [2.45, 2.75) is 43.1 Å². The summed E-state index contributed by atoms with van der Waals surface area (Å²) in [5.74, 6) is 0. The molecule has 1 amide bonds. The van der Waals surface area contributed by atoms with Gasteiger partial charge in [-0.1, -0.05) is 0 Å². The highest BCUT2D eigenvalue weighted by molar-refractivity contribution is 7.85. The van der Waals surface area contributed by atoms with Gasteiger partial charge in [0.1, 0.15) is 10.6 Å². The Morgan fingerprint density at radius 3 is 2.78 bits per heavy atom. The smallest absolute Gasteiger partial charge is 0.410 e. The van der Waals surface area contributed by atoms with Gasteiger partial charge in [-0.3, -0.25) is 19.3 Å². The number of carbonyl (C=O) groups is 1. The Morgan fingerprint density at radius 2 is 2.11 bits per heavy atom. The number of fused-ring (bicyclic) bond motifs is 1. The largest absolute Gasteiger partial charge is 0.444 e. The minimum absolute atomic E-state index is 0.0746. The van der Waals surface area contributed by atoms with Crippen molar-refractivity contribution < 1.29 is 18.7 Å². The molecule has 0 N–H and O–H groups in total. The van der Waals surface area contributed by atoms with E-state index in [4.69, 9.17) is 4.74 Å². The second-order valence-electron chi connectivity index (χ2n) is 7.27. The molecule has 1 aromatic heterocycles. The second-order valence-corrected chi connectivity index (χ2v) is 8.95. The van der Waals surface area contributed by atoms with Crippen LogP contribution in [-0.4, -0.2) is 54.0 Å². The van der Waals surface area contributed by atoms with Crippen LogP contribution >= 0.6 is 0 Å². The molecule has 27 heavy (non-hydrogen) atoms. The fraction of sp³-hybridized carbons (Fsp3) is 0.471. The van der Waals surface area contributed by atoms with Crippen molar-refractivity contribution in [1.29, 1.82) is 0 Å². The highest BCUT2D eigenvalue weighted by Gasteiger charge is 2.33. The van der Waals surface area contributed by atoms with Gasteiger partial charge in [-0.25, -0.2) is 9.78 Å². The van der Waals surface area contributed by atoms with Crippen molar-refractivity contribution in [3.05, 3.63) is 34.5 Å². The topological polar surface area (TPSA) is 116 Å². The number of nitro groups is 1. The summed E-state index contributed by atoms with van der Waals surface area (Å²) in [6.07, 6.45) is 1.53. The fourth-order valence-electron chi connectivity index (χ4n) is 2.76. The minimum Gasteiger partial charge on any atom is -0.444 e. The Labute approximate surface area is 158 Å². The van der Waals surface area contributed by atoms with Crippen molar-refractivity contribution in [2.75, 3.05) is 13.1 Å². The van der Waals surface area contributed by atoms with Gasteiger partial charge in [0.05, 0.1) is 38.2 Å². The van der Waals surface area contributed by atoms with Crippen LogP contribution in [-0.2, 0) is 15.5 Å². The van der Waals surface area contributed by atoms with Gasteiger partial charge in [0, 0.05) is 25.2 Å². The highest BCUT2D eigenvalue weighted by atomic mass is 32.2. The van der Waals surface area contributed by atoms with E-state index in [0.717, 1.165) is 0 Å². The maximum absolute atomic E-state index is 12.8. The standard InChI is InChI=1S/C17H20N4O5S/c1-17(2,3)26-16(22)20-7-6-12(10-20)27(25)15-9-18-14-8-11(21(23)24)4-5-13(14)19-15/h4-5,8-9,12H,6-7,10H2,1-3H3. The summed E-state index contributed by atoms with van der Waals surface area (Å²) in [7, 11) is -1.45. The van der Waals surface area contributed by atoms with Crippen molar-refractivity contribution in [1.82, 2.24) is 14.9 Å². The van der Waals surface area contributed by atoms with E-state index >= 15 is 0 Å².